The van der Waals surface area contributed by atoms with Crippen molar-refractivity contribution in [3.63, 3.8) is 0 Å². The van der Waals surface area contributed by atoms with Gasteiger partial charge in [-0.15, -0.1) is 0 Å². The molecule has 4 nitrogen and oxygen atoms in total. The molecule has 0 radical (unpaired) electrons. The summed E-state index contributed by atoms with van der Waals surface area (Å²) in [5, 5.41) is 2.46. The molecule has 1 unspecified atom stereocenters. The standard InChI is InChI=1S/C14H19F3N2O2/c1-14(2,3)21-13(20)19-9(7-18)4-8-5-11(16)12(17)6-10(8)15/h5-6,9H,4,7,18H2,1-3H3,(H,19,20). The maximum atomic E-state index is 13.5. The number of halogens is 3. The monoisotopic (exact) mass is 304 g/mol. The lowest BCUT2D eigenvalue weighted by molar-refractivity contribution is 0.0505. The highest BCUT2D eigenvalue weighted by atomic mass is 19.2. The van der Waals surface area contributed by atoms with Crippen LogP contribution in [0.3, 0.4) is 0 Å². The SMILES string of the molecule is CC(C)(C)OC(=O)NC(CN)Cc1cc(F)c(F)cc1F. The van der Waals surface area contributed by atoms with Gasteiger partial charge in [-0.2, -0.15) is 0 Å². The van der Waals surface area contributed by atoms with Crippen LogP contribution < -0.4 is 11.1 Å². The quantitative estimate of drug-likeness (QED) is 0.840. The number of nitrogens with one attached hydrogen (secondary N) is 1. The molecule has 0 bridgehead atoms. The Morgan fingerprint density at radius 3 is 2.33 bits per heavy atom. The zero-order valence-electron chi connectivity index (χ0n) is 12.2. The smallest absolute Gasteiger partial charge is 0.407 e. The molecule has 1 amide bonds. The summed E-state index contributed by atoms with van der Waals surface area (Å²) in [4.78, 5) is 11.6. The summed E-state index contributed by atoms with van der Waals surface area (Å²) in [5.41, 5.74) is 4.74. The van der Waals surface area contributed by atoms with Crippen LogP contribution in [0.25, 0.3) is 0 Å². The summed E-state index contributed by atoms with van der Waals surface area (Å²) in [6, 6.07) is 0.565. The van der Waals surface area contributed by atoms with Crippen molar-refractivity contribution in [1.29, 1.82) is 0 Å². The van der Waals surface area contributed by atoms with Gasteiger partial charge in [-0.1, -0.05) is 0 Å². The molecular formula is C14H19F3N2O2. The van der Waals surface area contributed by atoms with E-state index < -0.39 is 35.2 Å². The number of alkyl carbamates (subject to hydrolysis) is 1. The molecule has 118 valence electrons. The second kappa shape index (κ2) is 6.80. The first kappa shape index (κ1) is 17.3. The molecular weight excluding hydrogens is 285 g/mol. The van der Waals surface area contributed by atoms with E-state index >= 15 is 0 Å². The van der Waals surface area contributed by atoms with Crippen molar-refractivity contribution in [1.82, 2.24) is 5.32 Å². The lowest BCUT2D eigenvalue weighted by atomic mass is 10.1. The number of carbonyl (C=O) groups excluding carboxylic acids is 1. The summed E-state index contributed by atoms with van der Waals surface area (Å²) in [6.45, 7) is 5.08. The minimum Gasteiger partial charge on any atom is -0.444 e. The molecule has 0 saturated heterocycles. The zero-order valence-corrected chi connectivity index (χ0v) is 12.2. The number of ether oxygens (including phenoxy) is 1. The fourth-order valence-electron chi connectivity index (χ4n) is 1.65. The molecule has 3 N–H and O–H groups in total. The Morgan fingerprint density at radius 1 is 1.24 bits per heavy atom. The van der Waals surface area contributed by atoms with E-state index in [1.54, 1.807) is 20.8 Å². The second-order valence-corrected chi connectivity index (χ2v) is 5.64. The zero-order chi connectivity index (χ0) is 16.2. The summed E-state index contributed by atoms with van der Waals surface area (Å²) >= 11 is 0. The van der Waals surface area contributed by atoms with Crippen LogP contribution in [0.5, 0.6) is 0 Å². The van der Waals surface area contributed by atoms with Crippen molar-refractivity contribution in [2.45, 2.75) is 38.8 Å². The van der Waals surface area contributed by atoms with Gasteiger partial charge in [0.05, 0.1) is 0 Å². The van der Waals surface area contributed by atoms with Gasteiger partial charge in [0.25, 0.3) is 0 Å². The minimum absolute atomic E-state index is 0.00230. The third kappa shape index (κ3) is 5.63. The van der Waals surface area contributed by atoms with E-state index in [1.165, 1.54) is 0 Å². The number of hydrogen-bond donors (Lipinski definition) is 2. The Morgan fingerprint density at radius 2 is 1.81 bits per heavy atom. The molecule has 0 aliphatic rings. The molecule has 7 heteroatoms. The molecule has 21 heavy (non-hydrogen) atoms. The van der Waals surface area contributed by atoms with Crippen LogP contribution in [0, 0.1) is 17.5 Å². The highest BCUT2D eigenvalue weighted by Crippen LogP contribution is 2.15. The fraction of sp³-hybridized carbons (Fsp3) is 0.500. The van der Waals surface area contributed by atoms with Gasteiger partial charge in [-0.05, 0) is 38.8 Å². The second-order valence-electron chi connectivity index (χ2n) is 5.64. The highest BCUT2D eigenvalue weighted by Gasteiger charge is 2.20. The van der Waals surface area contributed by atoms with Gasteiger partial charge < -0.3 is 15.8 Å². The molecule has 0 spiro atoms. The van der Waals surface area contributed by atoms with Gasteiger partial charge in [0.15, 0.2) is 11.6 Å². The van der Waals surface area contributed by atoms with Crippen LogP contribution in [-0.2, 0) is 11.2 Å². The largest absolute Gasteiger partial charge is 0.444 e. The van der Waals surface area contributed by atoms with Crippen molar-refractivity contribution in [3.05, 3.63) is 35.1 Å². The molecule has 1 rings (SSSR count). The van der Waals surface area contributed by atoms with Crippen LogP contribution >= 0.6 is 0 Å². The highest BCUT2D eigenvalue weighted by molar-refractivity contribution is 5.68. The van der Waals surface area contributed by atoms with E-state index in [2.05, 4.69) is 5.32 Å². The molecule has 0 aliphatic heterocycles. The van der Waals surface area contributed by atoms with E-state index in [9.17, 15) is 18.0 Å². The average Bonchev–Trinajstić information content (AvgIpc) is 2.32. The molecule has 1 atom stereocenters. The topological polar surface area (TPSA) is 64.3 Å². The van der Waals surface area contributed by atoms with E-state index in [0.29, 0.717) is 6.07 Å². The normalized spacial score (nSPS) is 12.9. The summed E-state index contributed by atoms with van der Waals surface area (Å²) < 4.78 is 44.6. The Bertz CT molecular complexity index is 516. The van der Waals surface area contributed by atoms with Crippen LogP contribution in [0.4, 0.5) is 18.0 Å². The third-order valence-corrected chi connectivity index (χ3v) is 2.56. The number of benzene rings is 1. The molecule has 1 aromatic rings. The fourth-order valence-corrected chi connectivity index (χ4v) is 1.65. The number of nitrogens with two attached hydrogens (primary N) is 1. The summed E-state index contributed by atoms with van der Waals surface area (Å²) in [6.07, 6.45) is -0.778. The minimum atomic E-state index is -1.26. The van der Waals surface area contributed by atoms with Gasteiger partial charge in [-0.25, -0.2) is 18.0 Å². The first-order chi connectivity index (χ1) is 9.62. The van der Waals surface area contributed by atoms with Crippen LogP contribution in [0.1, 0.15) is 26.3 Å². The van der Waals surface area contributed by atoms with Crippen molar-refractivity contribution in [3.8, 4) is 0 Å². The number of hydrogen-bond acceptors (Lipinski definition) is 3. The first-order valence-electron chi connectivity index (χ1n) is 6.45. The van der Waals surface area contributed by atoms with Gasteiger partial charge in [0.2, 0.25) is 0 Å². The van der Waals surface area contributed by atoms with Crippen LogP contribution in [0.2, 0.25) is 0 Å². The molecule has 0 heterocycles. The van der Waals surface area contributed by atoms with Gasteiger partial charge in [0, 0.05) is 18.7 Å². The third-order valence-electron chi connectivity index (χ3n) is 2.56. The van der Waals surface area contributed by atoms with E-state index in [4.69, 9.17) is 10.5 Å². The maximum Gasteiger partial charge on any atom is 0.407 e. The molecule has 0 saturated carbocycles. The van der Waals surface area contributed by atoms with E-state index in [1.807, 2.05) is 0 Å². The summed E-state index contributed by atoms with van der Waals surface area (Å²) in [7, 11) is 0. The van der Waals surface area contributed by atoms with Gasteiger partial charge in [-0.3, -0.25) is 0 Å². The molecule has 0 fully saturated rings. The predicted molar refractivity (Wildman–Crippen MR) is 72.2 cm³/mol. The van der Waals surface area contributed by atoms with Gasteiger partial charge >= 0.3 is 6.09 Å². The lowest BCUT2D eigenvalue weighted by Gasteiger charge is -2.23. The number of carbonyl (C=O) groups is 1. The van der Waals surface area contributed by atoms with Crippen molar-refractivity contribution >= 4 is 6.09 Å². The van der Waals surface area contributed by atoms with Gasteiger partial charge in [0.1, 0.15) is 11.4 Å². The Kier molecular flexibility index (Phi) is 5.60. The van der Waals surface area contributed by atoms with Crippen LogP contribution in [0.15, 0.2) is 12.1 Å². The lowest BCUT2D eigenvalue weighted by Crippen LogP contribution is -2.44. The van der Waals surface area contributed by atoms with E-state index in [-0.39, 0.29) is 18.5 Å². The molecule has 1 aromatic carbocycles. The Labute approximate surface area is 121 Å². The number of amides is 1. The van der Waals surface area contributed by atoms with Crippen molar-refractivity contribution < 1.29 is 22.7 Å². The van der Waals surface area contributed by atoms with E-state index in [0.717, 1.165) is 6.07 Å². The Balaban J connectivity index is 2.75. The maximum absolute atomic E-state index is 13.5. The molecule has 0 aromatic heterocycles. The van der Waals surface area contributed by atoms with Crippen molar-refractivity contribution in [2.75, 3.05) is 6.54 Å². The van der Waals surface area contributed by atoms with Crippen molar-refractivity contribution in [2.24, 2.45) is 5.73 Å². The first-order valence-corrected chi connectivity index (χ1v) is 6.45. The van der Waals surface area contributed by atoms with Crippen LogP contribution in [-0.4, -0.2) is 24.3 Å². The predicted octanol–water partition coefficient (Wildman–Crippen LogP) is 2.50. The molecule has 0 aliphatic carbocycles. The average molecular weight is 304 g/mol. The summed E-state index contributed by atoms with van der Waals surface area (Å²) in [5.74, 6) is -3.31. The Hall–Kier alpha value is -1.76. The number of rotatable bonds is 4.